The summed E-state index contributed by atoms with van der Waals surface area (Å²) in [7, 11) is 0. The Labute approximate surface area is 139 Å². The van der Waals surface area contributed by atoms with E-state index in [9.17, 15) is 4.79 Å². The smallest absolute Gasteiger partial charge is 0.225 e. The molecule has 6 heteroatoms. The molecule has 0 aromatic heterocycles. The number of carbonyl (C=O) groups excluding carboxylic acids is 1. The normalized spacial score (nSPS) is 21.9. The first-order chi connectivity index (χ1) is 11.3. The van der Waals surface area contributed by atoms with Crippen LogP contribution in [0.1, 0.15) is 12.0 Å². The average molecular weight is 329 g/mol. The molecule has 1 aromatic carbocycles. The summed E-state index contributed by atoms with van der Waals surface area (Å²) in [5, 5.41) is 6.13. The molecule has 3 heterocycles. The van der Waals surface area contributed by atoms with Gasteiger partial charge in [-0.05, 0) is 23.5 Å². The molecule has 1 unspecified atom stereocenters. The third-order valence-electron chi connectivity index (χ3n) is 4.33. The number of rotatable bonds is 4. The molecule has 1 atom stereocenters. The zero-order valence-corrected chi connectivity index (χ0v) is 13.6. The Bertz CT molecular complexity index is 686. The second-order valence-corrected chi connectivity index (χ2v) is 6.85. The van der Waals surface area contributed by atoms with E-state index < -0.39 is 0 Å². The van der Waals surface area contributed by atoms with E-state index in [1.54, 1.807) is 11.8 Å². The van der Waals surface area contributed by atoms with Crippen LogP contribution in [0.5, 0.6) is 5.75 Å². The number of benzene rings is 1. The van der Waals surface area contributed by atoms with Crippen molar-refractivity contribution in [2.45, 2.75) is 12.8 Å². The highest BCUT2D eigenvalue weighted by atomic mass is 32.2. The van der Waals surface area contributed by atoms with Gasteiger partial charge in [0.15, 0.2) is 5.17 Å². The molecule has 0 saturated carbocycles. The largest absolute Gasteiger partial charge is 0.493 e. The van der Waals surface area contributed by atoms with Crippen molar-refractivity contribution in [3.05, 3.63) is 40.9 Å². The van der Waals surface area contributed by atoms with Crippen LogP contribution in [-0.4, -0.2) is 42.2 Å². The molecule has 5 nitrogen and oxygen atoms in total. The van der Waals surface area contributed by atoms with Gasteiger partial charge in [0.25, 0.3) is 0 Å². The number of ether oxygens (including phenoxy) is 1. The number of aliphatic imine (C=N–C) groups is 1. The summed E-state index contributed by atoms with van der Waals surface area (Å²) in [6.45, 7) is 3.06. The first-order valence-corrected chi connectivity index (χ1v) is 8.82. The molecule has 23 heavy (non-hydrogen) atoms. The monoisotopic (exact) mass is 329 g/mol. The standard InChI is InChI=1S/C17H19N3O2S/c21-16(8-14-11-23-17-18-5-6-20(14)17)19-9-12-7-13-3-1-2-4-15(13)22-10-12/h1-4,11-12H,5-10H2,(H,19,21). The Morgan fingerprint density at radius 3 is 3.30 bits per heavy atom. The number of hydrogen-bond donors (Lipinski definition) is 1. The maximum absolute atomic E-state index is 12.2. The number of nitrogens with one attached hydrogen (secondary N) is 1. The van der Waals surface area contributed by atoms with Crippen LogP contribution in [-0.2, 0) is 11.2 Å². The predicted octanol–water partition coefficient (Wildman–Crippen LogP) is 2.00. The van der Waals surface area contributed by atoms with Crippen LogP contribution >= 0.6 is 11.8 Å². The van der Waals surface area contributed by atoms with Gasteiger partial charge in [-0.15, -0.1) is 0 Å². The summed E-state index contributed by atoms with van der Waals surface area (Å²) in [6.07, 6.45) is 1.38. The molecular weight excluding hydrogens is 310 g/mol. The van der Waals surface area contributed by atoms with E-state index in [1.165, 1.54) is 5.56 Å². The van der Waals surface area contributed by atoms with Gasteiger partial charge in [-0.25, -0.2) is 0 Å². The van der Waals surface area contributed by atoms with E-state index in [0.717, 1.165) is 36.1 Å². The number of fused-ring (bicyclic) bond motifs is 2. The summed E-state index contributed by atoms with van der Waals surface area (Å²) < 4.78 is 5.77. The lowest BCUT2D eigenvalue weighted by Crippen LogP contribution is -2.35. The zero-order chi connectivity index (χ0) is 15.6. The lowest BCUT2D eigenvalue weighted by molar-refractivity contribution is -0.120. The SMILES string of the molecule is O=C(CC1=CSC2=NCCN12)NCC1COc2ccccc2C1. The van der Waals surface area contributed by atoms with Crippen molar-refractivity contribution < 1.29 is 9.53 Å². The average Bonchev–Trinajstić information content (AvgIpc) is 3.18. The molecule has 3 aliphatic heterocycles. The molecule has 120 valence electrons. The van der Waals surface area contributed by atoms with E-state index >= 15 is 0 Å². The van der Waals surface area contributed by atoms with Gasteiger partial charge in [0, 0.05) is 24.7 Å². The first-order valence-electron chi connectivity index (χ1n) is 7.95. The van der Waals surface area contributed by atoms with Crippen LogP contribution in [0.3, 0.4) is 0 Å². The summed E-state index contributed by atoms with van der Waals surface area (Å²) in [4.78, 5) is 18.8. The van der Waals surface area contributed by atoms with Crippen molar-refractivity contribution in [1.29, 1.82) is 0 Å². The molecule has 0 aliphatic carbocycles. The van der Waals surface area contributed by atoms with Crippen molar-refractivity contribution in [1.82, 2.24) is 10.2 Å². The molecule has 0 spiro atoms. The molecule has 1 aromatic rings. The van der Waals surface area contributed by atoms with Gasteiger partial charge in [0.1, 0.15) is 5.75 Å². The lowest BCUT2D eigenvalue weighted by Gasteiger charge is -2.25. The van der Waals surface area contributed by atoms with Gasteiger partial charge in [-0.3, -0.25) is 9.79 Å². The minimum absolute atomic E-state index is 0.0730. The van der Waals surface area contributed by atoms with Gasteiger partial charge in [0.2, 0.25) is 5.91 Å². The Morgan fingerprint density at radius 2 is 2.35 bits per heavy atom. The van der Waals surface area contributed by atoms with Crippen LogP contribution in [0.2, 0.25) is 0 Å². The lowest BCUT2D eigenvalue weighted by atomic mass is 9.97. The van der Waals surface area contributed by atoms with Gasteiger partial charge in [0.05, 0.1) is 19.6 Å². The quantitative estimate of drug-likeness (QED) is 0.918. The van der Waals surface area contributed by atoms with Gasteiger partial charge < -0.3 is 15.0 Å². The van der Waals surface area contributed by atoms with Crippen molar-refractivity contribution in [3.63, 3.8) is 0 Å². The van der Waals surface area contributed by atoms with Crippen LogP contribution in [0.25, 0.3) is 0 Å². The first kappa shape index (κ1) is 14.6. The van der Waals surface area contributed by atoms with Gasteiger partial charge in [-0.2, -0.15) is 0 Å². The Kier molecular flexibility index (Phi) is 3.99. The number of para-hydroxylation sites is 1. The fourth-order valence-electron chi connectivity index (χ4n) is 3.12. The fraction of sp³-hybridized carbons (Fsp3) is 0.412. The third-order valence-corrected chi connectivity index (χ3v) is 5.28. The molecule has 4 rings (SSSR count). The van der Waals surface area contributed by atoms with E-state index in [0.29, 0.717) is 25.5 Å². The summed E-state index contributed by atoms with van der Waals surface area (Å²) in [6, 6.07) is 8.12. The topological polar surface area (TPSA) is 53.9 Å². The number of nitrogens with zero attached hydrogens (tertiary/aromatic N) is 2. The number of carbonyl (C=O) groups is 1. The van der Waals surface area contributed by atoms with Crippen LogP contribution < -0.4 is 10.1 Å². The Balaban J connectivity index is 1.27. The Hall–Kier alpha value is -1.95. The van der Waals surface area contributed by atoms with Gasteiger partial charge in [-0.1, -0.05) is 30.0 Å². The number of thioether (sulfide) groups is 1. The second kappa shape index (κ2) is 6.28. The summed E-state index contributed by atoms with van der Waals surface area (Å²) in [5.41, 5.74) is 2.29. The highest BCUT2D eigenvalue weighted by Crippen LogP contribution is 2.31. The van der Waals surface area contributed by atoms with E-state index in [2.05, 4.69) is 21.3 Å². The number of amidine groups is 1. The number of hydrogen-bond acceptors (Lipinski definition) is 5. The molecule has 3 aliphatic rings. The van der Waals surface area contributed by atoms with Crippen molar-refractivity contribution in [2.75, 3.05) is 26.2 Å². The van der Waals surface area contributed by atoms with Crippen molar-refractivity contribution in [3.8, 4) is 5.75 Å². The second-order valence-electron chi connectivity index (χ2n) is 6.01. The predicted molar refractivity (Wildman–Crippen MR) is 91.4 cm³/mol. The highest BCUT2D eigenvalue weighted by Gasteiger charge is 2.27. The fourth-order valence-corrected chi connectivity index (χ4v) is 4.08. The van der Waals surface area contributed by atoms with Gasteiger partial charge >= 0.3 is 0 Å². The summed E-state index contributed by atoms with van der Waals surface area (Å²) in [5.74, 6) is 1.39. The van der Waals surface area contributed by atoms with Crippen LogP contribution in [0.15, 0.2) is 40.4 Å². The van der Waals surface area contributed by atoms with Crippen molar-refractivity contribution >= 4 is 22.8 Å². The molecule has 0 bridgehead atoms. The molecule has 0 fully saturated rings. The van der Waals surface area contributed by atoms with Crippen molar-refractivity contribution in [2.24, 2.45) is 10.9 Å². The summed E-state index contributed by atoms with van der Waals surface area (Å²) >= 11 is 1.62. The molecule has 0 radical (unpaired) electrons. The van der Waals surface area contributed by atoms with E-state index in [-0.39, 0.29) is 5.91 Å². The van der Waals surface area contributed by atoms with Crippen LogP contribution in [0, 0.1) is 5.92 Å². The molecule has 1 amide bonds. The minimum Gasteiger partial charge on any atom is -0.493 e. The van der Waals surface area contributed by atoms with E-state index in [4.69, 9.17) is 4.74 Å². The third kappa shape index (κ3) is 3.08. The minimum atomic E-state index is 0.0730. The van der Waals surface area contributed by atoms with Crippen LogP contribution in [0.4, 0.5) is 0 Å². The zero-order valence-electron chi connectivity index (χ0n) is 12.8. The molecule has 1 N–H and O–H groups in total. The number of amides is 1. The molecule has 0 saturated heterocycles. The maximum atomic E-state index is 12.2. The van der Waals surface area contributed by atoms with E-state index in [1.807, 2.05) is 23.6 Å². The molecular formula is C17H19N3O2S. The maximum Gasteiger partial charge on any atom is 0.225 e. The highest BCUT2D eigenvalue weighted by molar-refractivity contribution is 8.16. The Morgan fingerprint density at radius 1 is 1.43 bits per heavy atom.